The Balaban J connectivity index is 3.46. The van der Waals surface area contributed by atoms with Crippen LogP contribution >= 0.6 is 0 Å². The largest absolute Gasteiger partial charge is 0.273 e. The van der Waals surface area contributed by atoms with Gasteiger partial charge < -0.3 is 0 Å². The quantitative estimate of drug-likeness (QED) is 0.471. The first kappa shape index (κ1) is 15.1. The lowest BCUT2D eigenvalue weighted by Crippen LogP contribution is -2.27. The second kappa shape index (κ2) is 5.34. The molecule has 0 spiro atoms. The van der Waals surface area contributed by atoms with Gasteiger partial charge in [0.15, 0.2) is 0 Å². The summed E-state index contributed by atoms with van der Waals surface area (Å²) in [6.07, 6.45) is 0. The smallest absolute Gasteiger partial charge is 0.258 e. The van der Waals surface area contributed by atoms with Crippen molar-refractivity contribution in [2.75, 3.05) is 13.6 Å². The number of hydrogen-bond acceptors (Lipinski definition) is 5. The number of hydrogen-bond donors (Lipinski definition) is 0. The molecule has 0 aromatic heterocycles. The summed E-state index contributed by atoms with van der Waals surface area (Å²) in [4.78, 5) is 10.1. The van der Waals surface area contributed by atoms with Crippen molar-refractivity contribution in [2.24, 2.45) is 0 Å². The third-order valence-electron chi connectivity index (χ3n) is 2.81. The molecule has 0 aliphatic rings. The van der Waals surface area contributed by atoms with E-state index in [1.807, 2.05) is 0 Å². The highest BCUT2D eigenvalue weighted by atomic mass is 32.2. The Morgan fingerprint density at radius 3 is 2.47 bits per heavy atom. The molecule has 0 heterocycles. The van der Waals surface area contributed by atoms with E-state index < -0.39 is 14.9 Å². The third kappa shape index (κ3) is 2.89. The maximum atomic E-state index is 12.1. The summed E-state index contributed by atoms with van der Waals surface area (Å²) in [6, 6.07) is 4.11. The molecule has 0 amide bonds. The summed E-state index contributed by atoms with van der Waals surface area (Å²) in [5.41, 5.74) is 0.689. The molecule has 0 aliphatic carbocycles. The number of nitro groups is 1. The first-order valence-corrected chi connectivity index (χ1v) is 6.74. The highest BCUT2D eigenvalue weighted by molar-refractivity contribution is 7.89. The molecule has 19 heavy (non-hydrogen) atoms. The minimum absolute atomic E-state index is 0.181. The van der Waals surface area contributed by atoms with Gasteiger partial charge in [-0.15, -0.1) is 0 Å². The van der Waals surface area contributed by atoms with Crippen molar-refractivity contribution in [3.63, 3.8) is 0 Å². The monoisotopic (exact) mass is 283 g/mol. The number of rotatable bonds is 4. The van der Waals surface area contributed by atoms with Crippen LogP contribution in [0.15, 0.2) is 17.0 Å². The Morgan fingerprint density at radius 2 is 2.00 bits per heavy atom. The molecular weight excluding hydrogens is 270 g/mol. The average molecular weight is 283 g/mol. The first-order valence-electron chi connectivity index (χ1n) is 5.30. The molecule has 0 bridgehead atoms. The lowest BCUT2D eigenvalue weighted by molar-refractivity contribution is -0.385. The van der Waals surface area contributed by atoms with Crippen LogP contribution in [0.4, 0.5) is 5.69 Å². The maximum Gasteiger partial charge on any atom is 0.273 e. The van der Waals surface area contributed by atoms with E-state index in [9.17, 15) is 18.5 Å². The van der Waals surface area contributed by atoms with Gasteiger partial charge >= 0.3 is 0 Å². The molecule has 1 aromatic rings. The van der Waals surface area contributed by atoms with Gasteiger partial charge in [-0.3, -0.25) is 10.1 Å². The van der Waals surface area contributed by atoms with E-state index in [1.54, 1.807) is 19.9 Å². The van der Waals surface area contributed by atoms with E-state index in [1.165, 1.54) is 13.1 Å². The van der Waals surface area contributed by atoms with Gasteiger partial charge in [0.2, 0.25) is 10.0 Å². The molecule has 1 aromatic carbocycles. The van der Waals surface area contributed by atoms with Crippen LogP contribution in [0.25, 0.3) is 0 Å². The highest BCUT2D eigenvalue weighted by Gasteiger charge is 2.25. The molecule has 7 nitrogen and oxygen atoms in total. The summed E-state index contributed by atoms with van der Waals surface area (Å²) in [5.74, 6) is 0. The van der Waals surface area contributed by atoms with Crippen molar-refractivity contribution in [2.45, 2.75) is 18.7 Å². The van der Waals surface area contributed by atoms with Gasteiger partial charge in [-0.2, -0.15) is 9.57 Å². The number of sulfonamides is 1. The van der Waals surface area contributed by atoms with Crippen LogP contribution in [-0.4, -0.2) is 31.2 Å². The van der Waals surface area contributed by atoms with E-state index in [4.69, 9.17) is 5.26 Å². The maximum absolute atomic E-state index is 12.1. The zero-order valence-electron chi connectivity index (χ0n) is 10.7. The second-order valence-corrected chi connectivity index (χ2v) is 6.11. The van der Waals surface area contributed by atoms with Crippen LogP contribution in [0.3, 0.4) is 0 Å². The van der Waals surface area contributed by atoms with E-state index >= 15 is 0 Å². The summed E-state index contributed by atoms with van der Waals surface area (Å²) in [7, 11) is -2.64. The molecule has 1 rings (SSSR count). The minimum Gasteiger partial charge on any atom is -0.258 e. The summed E-state index contributed by atoms with van der Waals surface area (Å²) >= 11 is 0. The second-order valence-electron chi connectivity index (χ2n) is 4.06. The zero-order valence-corrected chi connectivity index (χ0v) is 11.6. The Hall–Kier alpha value is -1.98. The van der Waals surface area contributed by atoms with E-state index in [-0.39, 0.29) is 17.1 Å². The van der Waals surface area contributed by atoms with Crippen molar-refractivity contribution in [1.82, 2.24) is 4.31 Å². The number of benzene rings is 1. The van der Waals surface area contributed by atoms with Crippen molar-refractivity contribution < 1.29 is 13.3 Å². The predicted octanol–water partition coefficient (Wildman–Crippen LogP) is 1.36. The van der Waals surface area contributed by atoms with E-state index in [2.05, 4.69) is 0 Å². The van der Waals surface area contributed by atoms with Crippen molar-refractivity contribution in [1.29, 1.82) is 5.26 Å². The summed E-state index contributed by atoms with van der Waals surface area (Å²) in [5, 5.41) is 19.4. The number of nitro benzene ring substituents is 1. The van der Waals surface area contributed by atoms with Gasteiger partial charge in [-0.25, -0.2) is 8.42 Å². The van der Waals surface area contributed by atoms with Crippen molar-refractivity contribution in [3.8, 4) is 6.07 Å². The van der Waals surface area contributed by atoms with Crippen LogP contribution in [0.1, 0.15) is 11.1 Å². The summed E-state index contributed by atoms with van der Waals surface area (Å²) in [6.45, 7) is 2.84. The van der Waals surface area contributed by atoms with Crippen LogP contribution in [0.2, 0.25) is 0 Å². The Labute approximate surface area is 111 Å². The van der Waals surface area contributed by atoms with Crippen LogP contribution < -0.4 is 0 Å². The standard InChI is InChI=1S/C11H13N3O4S/c1-8-6-10(7-11(9(8)2)14(15)16)19(17,18)13(3)5-4-12/h6-7H,5H2,1-3H3. The first-order chi connectivity index (χ1) is 8.71. The highest BCUT2D eigenvalue weighted by Crippen LogP contribution is 2.27. The van der Waals surface area contributed by atoms with Gasteiger partial charge in [0, 0.05) is 18.7 Å². The molecule has 8 heteroatoms. The van der Waals surface area contributed by atoms with Crippen molar-refractivity contribution in [3.05, 3.63) is 33.4 Å². The van der Waals surface area contributed by atoms with Gasteiger partial charge in [-0.05, 0) is 25.5 Å². The number of aryl methyl sites for hydroxylation is 1. The minimum atomic E-state index is -3.89. The van der Waals surface area contributed by atoms with Gasteiger partial charge in [0.25, 0.3) is 5.69 Å². The SMILES string of the molecule is Cc1cc(S(=O)(=O)N(C)CC#N)cc([N+](=O)[O-])c1C. The van der Waals surface area contributed by atoms with Gasteiger partial charge in [0.05, 0.1) is 15.9 Å². The zero-order chi connectivity index (χ0) is 14.8. The lowest BCUT2D eigenvalue weighted by atomic mass is 10.1. The molecule has 0 aliphatic heterocycles. The molecule has 0 atom stereocenters. The fourth-order valence-corrected chi connectivity index (χ4v) is 2.69. The third-order valence-corrected chi connectivity index (χ3v) is 4.59. The fourth-order valence-electron chi connectivity index (χ4n) is 1.51. The lowest BCUT2D eigenvalue weighted by Gasteiger charge is -2.14. The van der Waals surface area contributed by atoms with Gasteiger partial charge in [-0.1, -0.05) is 0 Å². The molecule has 0 saturated carbocycles. The molecule has 102 valence electrons. The average Bonchev–Trinajstić information content (AvgIpc) is 2.32. The molecule has 0 unspecified atom stereocenters. The molecule has 0 radical (unpaired) electrons. The molecular formula is C11H13N3O4S. The predicted molar refractivity (Wildman–Crippen MR) is 68.0 cm³/mol. The number of nitriles is 1. The topological polar surface area (TPSA) is 104 Å². The fraction of sp³-hybridized carbons (Fsp3) is 0.364. The van der Waals surface area contributed by atoms with Crippen molar-refractivity contribution >= 4 is 15.7 Å². The molecule has 0 fully saturated rings. The Kier molecular flexibility index (Phi) is 4.24. The van der Waals surface area contributed by atoms with Crippen LogP contribution in [0, 0.1) is 35.3 Å². The molecule has 0 N–H and O–H groups in total. The van der Waals surface area contributed by atoms with E-state index in [0.29, 0.717) is 11.1 Å². The molecule has 0 saturated heterocycles. The van der Waals surface area contributed by atoms with E-state index in [0.717, 1.165) is 10.4 Å². The van der Waals surface area contributed by atoms with Gasteiger partial charge in [0.1, 0.15) is 6.54 Å². The van der Waals surface area contributed by atoms with Crippen LogP contribution in [-0.2, 0) is 10.0 Å². The number of nitrogens with zero attached hydrogens (tertiary/aromatic N) is 3. The normalized spacial score (nSPS) is 11.3. The Morgan fingerprint density at radius 1 is 1.42 bits per heavy atom. The Bertz CT molecular complexity index is 661. The van der Waals surface area contributed by atoms with Crippen LogP contribution in [0.5, 0.6) is 0 Å². The summed E-state index contributed by atoms with van der Waals surface area (Å²) < 4.78 is 25.1.